The van der Waals surface area contributed by atoms with E-state index in [9.17, 15) is 0 Å². The average Bonchev–Trinajstić information content (AvgIpc) is 2.78. The molecule has 0 saturated heterocycles. The van der Waals surface area contributed by atoms with E-state index >= 15 is 0 Å². The summed E-state index contributed by atoms with van der Waals surface area (Å²) in [5.74, 6) is 1.28. The van der Waals surface area contributed by atoms with Crippen molar-refractivity contribution >= 4 is 17.0 Å². The molecule has 0 bridgehead atoms. The van der Waals surface area contributed by atoms with E-state index in [2.05, 4.69) is 4.98 Å². The topological polar surface area (TPSA) is 53.1 Å². The van der Waals surface area contributed by atoms with Gasteiger partial charge in [0.2, 0.25) is 5.95 Å². The van der Waals surface area contributed by atoms with Crippen molar-refractivity contribution < 1.29 is 4.74 Å². The summed E-state index contributed by atoms with van der Waals surface area (Å²) in [4.78, 5) is 4.48. The van der Waals surface area contributed by atoms with E-state index in [0.717, 1.165) is 28.0 Å². The predicted octanol–water partition coefficient (Wildman–Crippen LogP) is 3.31. The van der Waals surface area contributed by atoms with E-state index in [1.54, 1.807) is 0 Å². The average molecular weight is 267 g/mol. The van der Waals surface area contributed by atoms with Gasteiger partial charge in [0.25, 0.3) is 0 Å². The SMILES string of the molecule is CCOc1ccccc1-n1c(N)nc2c(C)cccc21. The summed E-state index contributed by atoms with van der Waals surface area (Å²) in [5, 5.41) is 0. The van der Waals surface area contributed by atoms with Gasteiger partial charge in [-0.25, -0.2) is 4.98 Å². The number of aromatic nitrogens is 2. The maximum absolute atomic E-state index is 6.12. The molecule has 0 aliphatic heterocycles. The van der Waals surface area contributed by atoms with E-state index < -0.39 is 0 Å². The number of nitrogens with two attached hydrogens (primary N) is 1. The second kappa shape index (κ2) is 4.89. The van der Waals surface area contributed by atoms with E-state index in [4.69, 9.17) is 10.5 Å². The fourth-order valence-electron chi connectivity index (χ4n) is 2.43. The van der Waals surface area contributed by atoms with Crippen molar-refractivity contribution in [2.24, 2.45) is 0 Å². The van der Waals surface area contributed by atoms with Crippen LogP contribution >= 0.6 is 0 Å². The maximum atomic E-state index is 6.12. The number of imidazole rings is 1. The quantitative estimate of drug-likeness (QED) is 0.792. The molecule has 0 aliphatic rings. The van der Waals surface area contributed by atoms with Crippen LogP contribution in [0.15, 0.2) is 42.5 Å². The Morgan fingerprint density at radius 2 is 1.95 bits per heavy atom. The number of hydrogen-bond donors (Lipinski definition) is 1. The van der Waals surface area contributed by atoms with Crippen LogP contribution in [0.3, 0.4) is 0 Å². The smallest absolute Gasteiger partial charge is 0.206 e. The molecule has 2 aromatic carbocycles. The zero-order valence-electron chi connectivity index (χ0n) is 11.6. The Bertz CT molecular complexity index is 762. The molecule has 0 radical (unpaired) electrons. The minimum absolute atomic E-state index is 0.474. The number of fused-ring (bicyclic) bond motifs is 1. The summed E-state index contributed by atoms with van der Waals surface area (Å²) in [5.41, 5.74) is 10.1. The van der Waals surface area contributed by atoms with Crippen LogP contribution in [0.1, 0.15) is 12.5 Å². The van der Waals surface area contributed by atoms with Crippen LogP contribution in [0.4, 0.5) is 5.95 Å². The van der Waals surface area contributed by atoms with Gasteiger partial charge in [0.15, 0.2) is 0 Å². The van der Waals surface area contributed by atoms with E-state index in [1.807, 2.05) is 60.9 Å². The Kier molecular flexibility index (Phi) is 3.06. The van der Waals surface area contributed by atoms with Gasteiger partial charge in [-0.2, -0.15) is 0 Å². The Morgan fingerprint density at radius 3 is 2.75 bits per heavy atom. The molecule has 0 spiro atoms. The summed E-state index contributed by atoms with van der Waals surface area (Å²) in [6.07, 6.45) is 0. The lowest BCUT2D eigenvalue weighted by molar-refractivity contribution is 0.339. The first-order chi connectivity index (χ1) is 9.72. The number of benzene rings is 2. The summed E-state index contributed by atoms with van der Waals surface area (Å²) < 4.78 is 7.63. The van der Waals surface area contributed by atoms with Crippen molar-refractivity contribution in [3.63, 3.8) is 0 Å². The second-order valence-electron chi connectivity index (χ2n) is 4.65. The summed E-state index contributed by atoms with van der Waals surface area (Å²) in [7, 11) is 0. The lowest BCUT2D eigenvalue weighted by atomic mass is 10.2. The summed E-state index contributed by atoms with van der Waals surface area (Å²) >= 11 is 0. The van der Waals surface area contributed by atoms with Gasteiger partial charge in [-0.05, 0) is 37.6 Å². The molecular formula is C16H17N3O. The number of nitrogens with zero attached hydrogens (tertiary/aromatic N) is 2. The minimum atomic E-state index is 0.474. The molecule has 20 heavy (non-hydrogen) atoms. The van der Waals surface area contributed by atoms with E-state index in [-0.39, 0.29) is 0 Å². The molecule has 0 aliphatic carbocycles. The van der Waals surface area contributed by atoms with Crippen LogP contribution in [0.2, 0.25) is 0 Å². The zero-order chi connectivity index (χ0) is 14.1. The maximum Gasteiger partial charge on any atom is 0.206 e. The molecule has 2 N–H and O–H groups in total. The van der Waals surface area contributed by atoms with Crippen molar-refractivity contribution in [2.75, 3.05) is 12.3 Å². The zero-order valence-corrected chi connectivity index (χ0v) is 11.6. The fraction of sp³-hybridized carbons (Fsp3) is 0.188. The largest absolute Gasteiger partial charge is 0.492 e. The molecule has 0 unspecified atom stereocenters. The number of para-hydroxylation sites is 3. The molecule has 4 nitrogen and oxygen atoms in total. The summed E-state index contributed by atoms with van der Waals surface area (Å²) in [6.45, 7) is 4.62. The summed E-state index contributed by atoms with van der Waals surface area (Å²) in [6, 6.07) is 13.9. The molecule has 102 valence electrons. The van der Waals surface area contributed by atoms with Crippen molar-refractivity contribution in [2.45, 2.75) is 13.8 Å². The molecule has 0 saturated carbocycles. The minimum Gasteiger partial charge on any atom is -0.492 e. The Morgan fingerprint density at radius 1 is 1.15 bits per heavy atom. The van der Waals surface area contributed by atoms with Gasteiger partial charge < -0.3 is 10.5 Å². The fourth-order valence-corrected chi connectivity index (χ4v) is 2.43. The third kappa shape index (κ3) is 1.90. The number of rotatable bonds is 3. The van der Waals surface area contributed by atoms with Gasteiger partial charge in [0.1, 0.15) is 5.75 Å². The molecule has 3 rings (SSSR count). The van der Waals surface area contributed by atoms with E-state index in [1.165, 1.54) is 0 Å². The first-order valence-electron chi connectivity index (χ1n) is 6.68. The predicted molar refractivity (Wildman–Crippen MR) is 81.4 cm³/mol. The van der Waals surface area contributed by atoms with Crippen LogP contribution < -0.4 is 10.5 Å². The van der Waals surface area contributed by atoms with Crippen molar-refractivity contribution in [3.05, 3.63) is 48.0 Å². The number of hydrogen-bond acceptors (Lipinski definition) is 3. The van der Waals surface area contributed by atoms with Crippen LogP contribution in [0, 0.1) is 6.92 Å². The van der Waals surface area contributed by atoms with Gasteiger partial charge >= 0.3 is 0 Å². The highest BCUT2D eigenvalue weighted by molar-refractivity contribution is 5.84. The van der Waals surface area contributed by atoms with Crippen molar-refractivity contribution in [3.8, 4) is 11.4 Å². The van der Waals surface area contributed by atoms with Crippen LogP contribution in [0.25, 0.3) is 16.7 Å². The lowest BCUT2D eigenvalue weighted by Gasteiger charge is -2.12. The van der Waals surface area contributed by atoms with Gasteiger partial charge in [-0.15, -0.1) is 0 Å². The molecule has 0 amide bonds. The van der Waals surface area contributed by atoms with Crippen molar-refractivity contribution in [1.29, 1.82) is 0 Å². The highest BCUT2D eigenvalue weighted by Gasteiger charge is 2.14. The molecule has 0 atom stereocenters. The normalized spacial score (nSPS) is 10.9. The highest BCUT2D eigenvalue weighted by Crippen LogP contribution is 2.30. The van der Waals surface area contributed by atoms with Gasteiger partial charge in [0, 0.05) is 0 Å². The van der Waals surface area contributed by atoms with Crippen LogP contribution in [-0.4, -0.2) is 16.2 Å². The van der Waals surface area contributed by atoms with E-state index in [0.29, 0.717) is 12.6 Å². The van der Waals surface area contributed by atoms with Crippen LogP contribution in [0.5, 0.6) is 5.75 Å². The molecule has 1 heterocycles. The molecule has 3 aromatic rings. The Hall–Kier alpha value is -2.49. The monoisotopic (exact) mass is 267 g/mol. The standard InChI is InChI=1S/C16H17N3O/c1-3-20-14-10-5-4-8-12(14)19-13-9-6-7-11(2)15(13)18-16(19)17/h4-10H,3H2,1-2H3,(H2,17,18). The number of ether oxygens (including phenoxy) is 1. The molecule has 1 aromatic heterocycles. The van der Waals surface area contributed by atoms with Gasteiger partial charge in [-0.3, -0.25) is 4.57 Å². The Labute approximate surface area is 117 Å². The van der Waals surface area contributed by atoms with Gasteiger partial charge in [0.05, 0.1) is 23.3 Å². The molecule has 4 heteroatoms. The number of nitrogen functional groups attached to an aromatic ring is 1. The first kappa shape index (κ1) is 12.5. The van der Waals surface area contributed by atoms with Crippen LogP contribution in [-0.2, 0) is 0 Å². The number of anilines is 1. The van der Waals surface area contributed by atoms with Crippen molar-refractivity contribution in [1.82, 2.24) is 9.55 Å². The highest BCUT2D eigenvalue weighted by atomic mass is 16.5. The molecular weight excluding hydrogens is 250 g/mol. The third-order valence-corrected chi connectivity index (χ3v) is 3.32. The molecule has 0 fully saturated rings. The van der Waals surface area contributed by atoms with Gasteiger partial charge in [-0.1, -0.05) is 24.3 Å². The lowest BCUT2D eigenvalue weighted by Crippen LogP contribution is -2.04. The first-order valence-corrected chi connectivity index (χ1v) is 6.68. The Balaban J connectivity index is 2.30. The second-order valence-corrected chi connectivity index (χ2v) is 4.65. The third-order valence-electron chi connectivity index (χ3n) is 3.32. The number of aryl methyl sites for hydroxylation is 1.